The highest BCUT2D eigenvalue weighted by Crippen LogP contribution is 2.24. The van der Waals surface area contributed by atoms with Crippen molar-refractivity contribution in [2.24, 2.45) is 0 Å². The third kappa shape index (κ3) is 1.89. The van der Waals surface area contributed by atoms with E-state index in [0.717, 1.165) is 14.3 Å². The molecule has 0 bridgehead atoms. The molecule has 3 aromatic rings. The Kier molecular flexibility index (Phi) is 2.71. The van der Waals surface area contributed by atoms with Crippen LogP contribution in [0.4, 0.5) is 0 Å². The summed E-state index contributed by atoms with van der Waals surface area (Å²) in [6.07, 6.45) is 3.66. The second kappa shape index (κ2) is 4.23. The lowest BCUT2D eigenvalue weighted by atomic mass is 10.2. The van der Waals surface area contributed by atoms with Crippen LogP contribution >= 0.6 is 34.2 Å². The molecule has 0 aliphatic rings. The fraction of sp³-hybridized carbons (Fsp3) is 0. The molecule has 0 N–H and O–H groups in total. The first-order valence-corrected chi connectivity index (χ1v) is 6.33. The van der Waals surface area contributed by atoms with Crippen LogP contribution in [0.25, 0.3) is 16.6 Å². The maximum absolute atomic E-state index is 6.02. The standard InChI is InChI=1S/C11H6ClIN4/c12-10-8-3-1-2-4-9(8)11(16-15-10)17-6-7(13)5-14-17/h1-6H. The van der Waals surface area contributed by atoms with Crippen molar-refractivity contribution in [3.63, 3.8) is 0 Å². The van der Waals surface area contributed by atoms with E-state index in [2.05, 4.69) is 37.9 Å². The van der Waals surface area contributed by atoms with Crippen LogP contribution in [0.15, 0.2) is 36.7 Å². The molecule has 2 aromatic heterocycles. The molecule has 84 valence electrons. The van der Waals surface area contributed by atoms with Crippen LogP contribution in [0, 0.1) is 3.57 Å². The monoisotopic (exact) mass is 356 g/mol. The largest absolute Gasteiger partial charge is 0.219 e. The minimum absolute atomic E-state index is 0.409. The third-order valence-electron chi connectivity index (χ3n) is 2.39. The lowest BCUT2D eigenvalue weighted by Crippen LogP contribution is -2.01. The molecule has 0 radical (unpaired) electrons. The summed E-state index contributed by atoms with van der Waals surface area (Å²) in [5, 5.41) is 14.5. The first-order valence-electron chi connectivity index (χ1n) is 4.87. The fourth-order valence-electron chi connectivity index (χ4n) is 1.64. The van der Waals surface area contributed by atoms with Crippen molar-refractivity contribution >= 4 is 45.0 Å². The topological polar surface area (TPSA) is 43.6 Å². The highest BCUT2D eigenvalue weighted by atomic mass is 127. The second-order valence-corrected chi connectivity index (χ2v) is 5.07. The molecule has 1 aromatic carbocycles. The van der Waals surface area contributed by atoms with E-state index in [1.54, 1.807) is 10.9 Å². The molecule has 2 heterocycles. The van der Waals surface area contributed by atoms with Crippen LogP contribution in [0.1, 0.15) is 0 Å². The average molecular weight is 357 g/mol. The summed E-state index contributed by atoms with van der Waals surface area (Å²) in [6.45, 7) is 0. The van der Waals surface area contributed by atoms with Gasteiger partial charge in [-0.25, -0.2) is 4.68 Å². The van der Waals surface area contributed by atoms with Gasteiger partial charge in [0, 0.05) is 17.0 Å². The molecule has 0 amide bonds. The van der Waals surface area contributed by atoms with Gasteiger partial charge >= 0.3 is 0 Å². The summed E-state index contributed by atoms with van der Waals surface area (Å²) in [4.78, 5) is 0. The molecule has 0 atom stereocenters. The molecule has 17 heavy (non-hydrogen) atoms. The van der Waals surface area contributed by atoms with E-state index < -0.39 is 0 Å². The Hall–Kier alpha value is -1.21. The van der Waals surface area contributed by atoms with Crippen LogP contribution in [0.5, 0.6) is 0 Å². The minimum atomic E-state index is 0.409. The maximum Gasteiger partial charge on any atom is 0.183 e. The highest BCUT2D eigenvalue weighted by Gasteiger charge is 2.09. The molecule has 0 fully saturated rings. The van der Waals surface area contributed by atoms with Crippen LogP contribution in [0.3, 0.4) is 0 Å². The van der Waals surface area contributed by atoms with E-state index >= 15 is 0 Å². The van der Waals surface area contributed by atoms with Gasteiger partial charge in [0.05, 0.1) is 9.77 Å². The predicted octanol–water partition coefficient (Wildman–Crippen LogP) is 3.07. The van der Waals surface area contributed by atoms with Crippen molar-refractivity contribution in [3.8, 4) is 5.82 Å². The summed E-state index contributed by atoms with van der Waals surface area (Å²) >= 11 is 8.22. The van der Waals surface area contributed by atoms with E-state index in [1.807, 2.05) is 30.5 Å². The van der Waals surface area contributed by atoms with Crippen LogP contribution in [0.2, 0.25) is 5.15 Å². The Morgan fingerprint density at radius 2 is 1.88 bits per heavy atom. The average Bonchev–Trinajstić information content (AvgIpc) is 2.77. The van der Waals surface area contributed by atoms with Crippen molar-refractivity contribution in [3.05, 3.63) is 45.4 Å². The van der Waals surface area contributed by atoms with Gasteiger partial charge in [0.25, 0.3) is 0 Å². The van der Waals surface area contributed by atoms with Gasteiger partial charge in [0.15, 0.2) is 11.0 Å². The van der Waals surface area contributed by atoms with Crippen LogP contribution in [-0.2, 0) is 0 Å². The predicted molar refractivity (Wildman–Crippen MR) is 74.4 cm³/mol. The van der Waals surface area contributed by atoms with E-state index in [-0.39, 0.29) is 0 Å². The van der Waals surface area contributed by atoms with E-state index in [0.29, 0.717) is 11.0 Å². The van der Waals surface area contributed by atoms with Gasteiger partial charge in [0.1, 0.15) is 0 Å². The molecular formula is C11H6ClIN4. The second-order valence-electron chi connectivity index (χ2n) is 3.46. The zero-order valence-electron chi connectivity index (χ0n) is 8.51. The van der Waals surface area contributed by atoms with E-state index in [1.165, 1.54) is 0 Å². The van der Waals surface area contributed by atoms with Crippen LogP contribution in [-0.4, -0.2) is 20.0 Å². The zero-order valence-corrected chi connectivity index (χ0v) is 11.4. The number of halogens is 2. The molecule has 6 heteroatoms. The molecule has 4 nitrogen and oxygen atoms in total. The number of aromatic nitrogens is 4. The van der Waals surface area contributed by atoms with Crippen molar-refractivity contribution in [2.45, 2.75) is 0 Å². The summed E-state index contributed by atoms with van der Waals surface area (Å²) in [7, 11) is 0. The van der Waals surface area contributed by atoms with Crippen LogP contribution < -0.4 is 0 Å². The number of hydrogen-bond donors (Lipinski definition) is 0. The first kappa shape index (κ1) is 10.9. The summed E-state index contributed by atoms with van der Waals surface area (Å²) in [5.41, 5.74) is 0. The third-order valence-corrected chi connectivity index (χ3v) is 3.23. The fourth-order valence-corrected chi connectivity index (χ4v) is 2.23. The molecule has 0 saturated carbocycles. The molecule has 0 spiro atoms. The number of nitrogens with zero attached hydrogens (tertiary/aromatic N) is 4. The zero-order chi connectivity index (χ0) is 11.8. The molecular weight excluding hydrogens is 351 g/mol. The first-order chi connectivity index (χ1) is 8.25. The van der Waals surface area contributed by atoms with Gasteiger partial charge in [-0.15, -0.1) is 10.2 Å². The van der Waals surface area contributed by atoms with Crippen molar-refractivity contribution in [2.75, 3.05) is 0 Å². The number of rotatable bonds is 1. The summed E-state index contributed by atoms with van der Waals surface area (Å²) < 4.78 is 2.75. The van der Waals surface area contributed by atoms with Crippen molar-refractivity contribution in [1.29, 1.82) is 0 Å². The smallest absolute Gasteiger partial charge is 0.183 e. The molecule has 0 unspecified atom stereocenters. The molecule has 0 aliphatic heterocycles. The highest BCUT2D eigenvalue weighted by molar-refractivity contribution is 14.1. The lowest BCUT2D eigenvalue weighted by Gasteiger charge is -2.05. The van der Waals surface area contributed by atoms with Gasteiger partial charge in [-0.3, -0.25) is 0 Å². The lowest BCUT2D eigenvalue weighted by molar-refractivity contribution is 0.825. The van der Waals surface area contributed by atoms with Crippen molar-refractivity contribution < 1.29 is 0 Å². The van der Waals surface area contributed by atoms with Gasteiger partial charge in [-0.1, -0.05) is 35.9 Å². The Labute approximate surface area is 116 Å². The number of hydrogen-bond acceptors (Lipinski definition) is 3. The van der Waals surface area contributed by atoms with Gasteiger partial charge < -0.3 is 0 Å². The molecule has 0 saturated heterocycles. The molecule has 0 aliphatic carbocycles. The summed E-state index contributed by atoms with van der Waals surface area (Å²) in [6, 6.07) is 7.74. The van der Waals surface area contributed by atoms with Gasteiger partial charge in [-0.05, 0) is 22.6 Å². The SMILES string of the molecule is Clc1nnc(-n2cc(I)cn2)c2ccccc12. The van der Waals surface area contributed by atoms with E-state index in [4.69, 9.17) is 11.6 Å². The van der Waals surface area contributed by atoms with Crippen molar-refractivity contribution in [1.82, 2.24) is 20.0 Å². The Morgan fingerprint density at radius 1 is 1.12 bits per heavy atom. The molecule has 3 rings (SSSR count). The number of fused-ring (bicyclic) bond motifs is 1. The van der Waals surface area contributed by atoms with Gasteiger partial charge in [0.2, 0.25) is 0 Å². The Bertz CT molecular complexity index is 695. The minimum Gasteiger partial charge on any atom is -0.219 e. The number of benzene rings is 1. The van der Waals surface area contributed by atoms with Gasteiger partial charge in [-0.2, -0.15) is 5.10 Å². The Balaban J connectivity index is 2.34. The Morgan fingerprint density at radius 3 is 2.59 bits per heavy atom. The maximum atomic E-state index is 6.02. The quantitative estimate of drug-likeness (QED) is 0.629. The normalized spacial score (nSPS) is 10.9. The van der Waals surface area contributed by atoms with E-state index in [9.17, 15) is 0 Å². The summed E-state index contributed by atoms with van der Waals surface area (Å²) in [5.74, 6) is 0.688.